The van der Waals surface area contributed by atoms with Crippen molar-refractivity contribution in [1.29, 1.82) is 0 Å². The molecule has 0 saturated carbocycles. The fourth-order valence-corrected chi connectivity index (χ4v) is 1.90. The lowest BCUT2D eigenvalue weighted by molar-refractivity contribution is -0.908. The molecule has 0 aliphatic rings. The molecule has 0 radical (unpaired) electrons. The van der Waals surface area contributed by atoms with Crippen LogP contribution in [0.1, 0.15) is 22.8 Å². The van der Waals surface area contributed by atoms with Crippen molar-refractivity contribution in [1.82, 2.24) is 16.0 Å². The molecular formula is C15H23N4O3+. The van der Waals surface area contributed by atoms with E-state index in [0.717, 1.165) is 10.5 Å². The molecule has 1 unspecified atom stereocenters. The molecule has 0 saturated heterocycles. The Kier molecular flexibility index (Phi) is 6.52. The normalized spacial score (nSPS) is 12.9. The number of rotatable bonds is 5. The number of nitrogens with one attached hydrogen (secondary N) is 4. The van der Waals surface area contributed by atoms with Gasteiger partial charge in [0.05, 0.1) is 7.05 Å². The van der Waals surface area contributed by atoms with Crippen molar-refractivity contribution in [2.75, 3.05) is 21.1 Å². The van der Waals surface area contributed by atoms with Crippen molar-refractivity contribution >= 4 is 17.8 Å². The lowest BCUT2D eigenvalue weighted by Gasteiger charge is -2.20. The van der Waals surface area contributed by atoms with Crippen LogP contribution in [0.4, 0.5) is 4.79 Å². The number of benzene rings is 1. The number of amides is 4. The van der Waals surface area contributed by atoms with E-state index in [0.29, 0.717) is 12.1 Å². The Labute approximate surface area is 130 Å². The van der Waals surface area contributed by atoms with E-state index in [9.17, 15) is 14.4 Å². The minimum absolute atomic E-state index is 0.134. The maximum Gasteiger partial charge on any atom is 0.321 e. The highest BCUT2D eigenvalue weighted by molar-refractivity contribution is 5.96. The van der Waals surface area contributed by atoms with Crippen molar-refractivity contribution in [2.45, 2.75) is 19.5 Å². The Morgan fingerprint density at radius 1 is 1.09 bits per heavy atom. The zero-order valence-electron chi connectivity index (χ0n) is 13.3. The topological polar surface area (TPSA) is 91.7 Å². The quantitative estimate of drug-likeness (QED) is 0.557. The van der Waals surface area contributed by atoms with Gasteiger partial charge in [-0.15, -0.1) is 0 Å². The van der Waals surface area contributed by atoms with Crippen LogP contribution in [0.15, 0.2) is 24.3 Å². The van der Waals surface area contributed by atoms with E-state index >= 15 is 0 Å². The lowest BCUT2D eigenvalue weighted by atomic mass is 10.1. The average Bonchev–Trinajstić information content (AvgIpc) is 2.53. The summed E-state index contributed by atoms with van der Waals surface area (Å²) in [6.45, 7) is 2.36. The Hall–Kier alpha value is -2.41. The van der Waals surface area contributed by atoms with E-state index in [4.69, 9.17) is 0 Å². The highest BCUT2D eigenvalue weighted by Gasteiger charge is 2.23. The zero-order chi connectivity index (χ0) is 16.7. The van der Waals surface area contributed by atoms with Gasteiger partial charge in [0.25, 0.3) is 11.8 Å². The molecule has 0 aliphatic heterocycles. The van der Waals surface area contributed by atoms with E-state index in [2.05, 4.69) is 16.0 Å². The number of hydrogen-bond acceptors (Lipinski definition) is 3. The third-order valence-corrected chi connectivity index (χ3v) is 3.52. The molecule has 120 valence electrons. The van der Waals surface area contributed by atoms with Gasteiger partial charge in [0.15, 0.2) is 6.04 Å². The minimum Gasteiger partial charge on any atom is -0.355 e. The fraction of sp³-hybridized carbons (Fsp3) is 0.400. The highest BCUT2D eigenvalue weighted by Crippen LogP contribution is 2.03. The van der Waals surface area contributed by atoms with E-state index in [1.165, 1.54) is 7.05 Å². The van der Waals surface area contributed by atoms with Crippen LogP contribution in [0.25, 0.3) is 0 Å². The molecule has 0 aromatic heterocycles. The number of urea groups is 1. The van der Waals surface area contributed by atoms with Crippen molar-refractivity contribution in [3.05, 3.63) is 35.4 Å². The van der Waals surface area contributed by atoms with Gasteiger partial charge in [0.2, 0.25) is 0 Å². The fourth-order valence-electron chi connectivity index (χ4n) is 1.90. The molecule has 1 rings (SSSR count). The summed E-state index contributed by atoms with van der Waals surface area (Å²) in [6.07, 6.45) is 0. The number of quaternary nitrogens is 1. The molecule has 1 aromatic rings. The third kappa shape index (κ3) is 4.85. The minimum atomic E-state index is -0.514. The highest BCUT2D eigenvalue weighted by atomic mass is 16.2. The van der Waals surface area contributed by atoms with Crippen molar-refractivity contribution in [2.24, 2.45) is 0 Å². The molecule has 7 heteroatoms. The predicted octanol–water partition coefficient (Wildman–Crippen LogP) is -1.09. The van der Waals surface area contributed by atoms with Gasteiger partial charge in [-0.3, -0.25) is 14.9 Å². The van der Waals surface area contributed by atoms with Crippen LogP contribution in [0.5, 0.6) is 0 Å². The first kappa shape index (κ1) is 17.6. The van der Waals surface area contributed by atoms with Gasteiger partial charge in [-0.05, 0) is 19.1 Å². The zero-order valence-corrected chi connectivity index (χ0v) is 13.3. The van der Waals surface area contributed by atoms with E-state index in [1.807, 2.05) is 19.2 Å². The van der Waals surface area contributed by atoms with Gasteiger partial charge < -0.3 is 15.5 Å². The van der Waals surface area contributed by atoms with Crippen molar-refractivity contribution in [3.8, 4) is 0 Å². The summed E-state index contributed by atoms with van der Waals surface area (Å²) in [4.78, 5) is 35.4. The smallest absolute Gasteiger partial charge is 0.321 e. The number of carbonyl (C=O) groups excluding carboxylic acids is 3. The molecule has 0 bridgehead atoms. The Bertz CT molecular complexity index is 542. The summed E-state index contributed by atoms with van der Waals surface area (Å²) in [5, 5.41) is 7.17. The van der Waals surface area contributed by atoms with Gasteiger partial charge in [0.1, 0.15) is 6.54 Å². The lowest BCUT2D eigenvalue weighted by Crippen LogP contribution is -3.12. The van der Waals surface area contributed by atoms with Crippen molar-refractivity contribution < 1.29 is 19.3 Å². The van der Waals surface area contributed by atoms with Gasteiger partial charge >= 0.3 is 6.03 Å². The summed E-state index contributed by atoms with van der Waals surface area (Å²) >= 11 is 0. The maximum absolute atomic E-state index is 11.9. The van der Waals surface area contributed by atoms with Crippen LogP contribution in [0, 0.1) is 0 Å². The Morgan fingerprint density at radius 3 is 2.18 bits per heavy atom. The molecule has 1 aromatic carbocycles. The largest absolute Gasteiger partial charge is 0.355 e. The standard InChI is InChI=1S/C15H22N4O3/c1-10(13(20)18-15(22)17-3)19(4)9-11-5-7-12(8-6-11)14(21)16-2/h5-8,10H,9H2,1-4H3,(H,16,21)(H2,17,18,20,22)/p+1/t10-/m0/s1. The molecule has 0 fully saturated rings. The summed E-state index contributed by atoms with van der Waals surface area (Å²) < 4.78 is 0. The van der Waals surface area contributed by atoms with Crippen LogP contribution in [0.3, 0.4) is 0 Å². The number of carbonyl (C=O) groups is 3. The second kappa shape index (κ2) is 8.14. The monoisotopic (exact) mass is 307 g/mol. The first-order chi connectivity index (χ1) is 10.4. The molecule has 4 amide bonds. The Balaban J connectivity index is 2.63. The Morgan fingerprint density at radius 2 is 1.68 bits per heavy atom. The summed E-state index contributed by atoms with van der Waals surface area (Å²) in [6, 6.07) is 6.32. The van der Waals surface area contributed by atoms with E-state index in [1.54, 1.807) is 26.1 Å². The molecule has 7 nitrogen and oxygen atoms in total. The summed E-state index contributed by atoms with van der Waals surface area (Å²) in [7, 11) is 4.92. The number of imide groups is 1. The molecule has 0 spiro atoms. The molecule has 0 aliphatic carbocycles. The van der Waals surface area contributed by atoms with Crippen LogP contribution in [-0.4, -0.2) is 45.0 Å². The molecule has 2 atom stereocenters. The SMILES string of the molecule is CNC(=O)NC(=O)[C@H](C)[NH+](C)Cc1ccc(C(=O)NC)cc1. The number of hydrogen-bond donors (Lipinski definition) is 4. The number of likely N-dealkylation sites (N-methyl/N-ethyl adjacent to an activating group) is 1. The van der Waals surface area contributed by atoms with Gasteiger partial charge in [-0.2, -0.15) is 0 Å². The van der Waals surface area contributed by atoms with Crippen LogP contribution >= 0.6 is 0 Å². The second-order valence-corrected chi connectivity index (χ2v) is 5.09. The second-order valence-electron chi connectivity index (χ2n) is 5.09. The van der Waals surface area contributed by atoms with Gasteiger partial charge in [-0.1, -0.05) is 12.1 Å². The van der Waals surface area contributed by atoms with Crippen LogP contribution in [-0.2, 0) is 11.3 Å². The predicted molar refractivity (Wildman–Crippen MR) is 82.5 cm³/mol. The average molecular weight is 307 g/mol. The molecule has 4 N–H and O–H groups in total. The van der Waals surface area contributed by atoms with Gasteiger partial charge in [0, 0.05) is 25.2 Å². The van der Waals surface area contributed by atoms with Gasteiger partial charge in [-0.25, -0.2) is 4.79 Å². The van der Waals surface area contributed by atoms with E-state index in [-0.39, 0.29) is 17.9 Å². The van der Waals surface area contributed by atoms with Crippen molar-refractivity contribution in [3.63, 3.8) is 0 Å². The van der Waals surface area contributed by atoms with Crippen LogP contribution in [0.2, 0.25) is 0 Å². The molecule has 0 heterocycles. The first-order valence-electron chi connectivity index (χ1n) is 7.05. The first-order valence-corrected chi connectivity index (χ1v) is 7.05. The molecular weight excluding hydrogens is 284 g/mol. The maximum atomic E-state index is 11.9. The third-order valence-electron chi connectivity index (χ3n) is 3.52. The molecule has 22 heavy (non-hydrogen) atoms. The summed E-state index contributed by atoms with van der Waals surface area (Å²) in [5.74, 6) is -0.468. The summed E-state index contributed by atoms with van der Waals surface area (Å²) in [5.41, 5.74) is 1.60. The van der Waals surface area contributed by atoms with Crippen LogP contribution < -0.4 is 20.9 Å². The van der Waals surface area contributed by atoms with E-state index < -0.39 is 6.03 Å².